The topological polar surface area (TPSA) is 99.1 Å². The summed E-state index contributed by atoms with van der Waals surface area (Å²) in [6.07, 6.45) is 1.94. The van der Waals surface area contributed by atoms with E-state index in [0.29, 0.717) is 19.7 Å². The van der Waals surface area contributed by atoms with Crippen LogP contribution in [0.1, 0.15) is 26.2 Å². The minimum absolute atomic E-state index is 0.00143. The summed E-state index contributed by atoms with van der Waals surface area (Å²) in [4.78, 5) is 24.4. The van der Waals surface area contributed by atoms with Crippen LogP contribution in [0.25, 0.3) is 0 Å². The van der Waals surface area contributed by atoms with Gasteiger partial charge in [-0.3, -0.25) is 0 Å². The van der Waals surface area contributed by atoms with Gasteiger partial charge in [0, 0.05) is 32.7 Å². The number of carbonyl (C=O) groups excluding carboxylic acids is 1. The minimum atomic E-state index is -1.14. The smallest absolute Gasteiger partial charge is 0.326 e. The number of rotatable bonds is 7. The van der Waals surface area contributed by atoms with Crippen LogP contribution in [0.2, 0.25) is 0 Å². The fraction of sp³-hybridized carbons (Fsp3) is 0.833. The van der Waals surface area contributed by atoms with Gasteiger partial charge in [-0.1, -0.05) is 0 Å². The first-order valence-corrected chi connectivity index (χ1v) is 6.59. The maximum atomic E-state index is 12.0. The molecule has 1 heterocycles. The highest BCUT2D eigenvalue weighted by Crippen LogP contribution is 2.13. The van der Waals surface area contributed by atoms with Crippen LogP contribution in [0.3, 0.4) is 0 Å². The predicted molar refractivity (Wildman–Crippen MR) is 67.9 cm³/mol. The van der Waals surface area contributed by atoms with Gasteiger partial charge in [0.15, 0.2) is 0 Å². The SMILES string of the molecule is CCN(CC1CCCO1)C(=O)N[C@@H](CCO)C(=O)O. The summed E-state index contributed by atoms with van der Waals surface area (Å²) in [5.41, 5.74) is 0. The Bertz CT molecular complexity index is 304. The number of aliphatic hydroxyl groups is 1. The molecule has 19 heavy (non-hydrogen) atoms. The molecule has 1 saturated heterocycles. The highest BCUT2D eigenvalue weighted by molar-refractivity contribution is 5.82. The number of carbonyl (C=O) groups is 2. The van der Waals surface area contributed by atoms with Gasteiger partial charge in [0.05, 0.1) is 6.10 Å². The number of carboxylic acids is 1. The number of nitrogens with zero attached hydrogens (tertiary/aromatic N) is 1. The van der Waals surface area contributed by atoms with Crippen molar-refractivity contribution in [2.75, 3.05) is 26.3 Å². The van der Waals surface area contributed by atoms with Gasteiger partial charge in [-0.05, 0) is 19.8 Å². The normalized spacial score (nSPS) is 20.0. The predicted octanol–water partition coefficient (Wildman–Crippen LogP) is 0.0325. The Balaban J connectivity index is 2.49. The largest absolute Gasteiger partial charge is 0.480 e. The number of urea groups is 1. The Kier molecular flexibility index (Phi) is 6.58. The second-order valence-electron chi connectivity index (χ2n) is 4.53. The van der Waals surface area contributed by atoms with Crippen molar-refractivity contribution in [1.29, 1.82) is 0 Å². The monoisotopic (exact) mass is 274 g/mol. The fourth-order valence-electron chi connectivity index (χ4n) is 2.02. The van der Waals surface area contributed by atoms with E-state index in [4.69, 9.17) is 14.9 Å². The van der Waals surface area contributed by atoms with Gasteiger partial charge in [-0.15, -0.1) is 0 Å². The Hall–Kier alpha value is -1.34. The fourth-order valence-corrected chi connectivity index (χ4v) is 2.02. The molecule has 0 aromatic rings. The quantitative estimate of drug-likeness (QED) is 0.608. The van der Waals surface area contributed by atoms with E-state index in [1.165, 1.54) is 4.90 Å². The van der Waals surface area contributed by atoms with Crippen molar-refractivity contribution in [3.05, 3.63) is 0 Å². The number of hydrogen-bond acceptors (Lipinski definition) is 4. The van der Waals surface area contributed by atoms with E-state index in [1.807, 2.05) is 6.92 Å². The van der Waals surface area contributed by atoms with Crippen LogP contribution in [-0.2, 0) is 9.53 Å². The van der Waals surface area contributed by atoms with Crippen molar-refractivity contribution in [3.63, 3.8) is 0 Å². The highest BCUT2D eigenvalue weighted by Gasteiger charge is 2.25. The van der Waals surface area contributed by atoms with Crippen molar-refractivity contribution in [3.8, 4) is 0 Å². The van der Waals surface area contributed by atoms with Crippen molar-refractivity contribution >= 4 is 12.0 Å². The second kappa shape index (κ2) is 7.96. The van der Waals surface area contributed by atoms with Crippen molar-refractivity contribution < 1.29 is 24.5 Å². The molecule has 0 saturated carbocycles. The Morgan fingerprint density at radius 1 is 1.53 bits per heavy atom. The molecule has 3 N–H and O–H groups in total. The molecule has 1 fully saturated rings. The zero-order valence-electron chi connectivity index (χ0n) is 11.2. The van der Waals surface area contributed by atoms with Crippen LogP contribution >= 0.6 is 0 Å². The van der Waals surface area contributed by atoms with Crippen molar-refractivity contribution in [2.24, 2.45) is 0 Å². The number of likely N-dealkylation sites (N-methyl/N-ethyl adjacent to an activating group) is 1. The summed E-state index contributed by atoms with van der Waals surface area (Å²) in [6.45, 7) is 3.21. The average Bonchev–Trinajstić information content (AvgIpc) is 2.87. The van der Waals surface area contributed by atoms with Crippen molar-refractivity contribution in [2.45, 2.75) is 38.3 Å². The summed E-state index contributed by atoms with van der Waals surface area (Å²) < 4.78 is 5.46. The lowest BCUT2D eigenvalue weighted by Crippen LogP contribution is -2.50. The average molecular weight is 274 g/mol. The lowest BCUT2D eigenvalue weighted by atomic mass is 10.2. The molecule has 1 unspecified atom stereocenters. The first-order valence-electron chi connectivity index (χ1n) is 6.59. The standard InChI is InChI=1S/C12H22N2O5/c1-2-14(8-9-4-3-7-19-9)12(18)13-10(5-6-15)11(16)17/h9-10,15H,2-8H2,1H3,(H,13,18)(H,16,17)/t9?,10-/m0/s1. The van der Waals surface area contributed by atoms with E-state index in [0.717, 1.165) is 12.8 Å². The third-order valence-electron chi connectivity index (χ3n) is 3.13. The Morgan fingerprint density at radius 3 is 2.74 bits per heavy atom. The van der Waals surface area contributed by atoms with E-state index in [2.05, 4.69) is 5.32 Å². The minimum Gasteiger partial charge on any atom is -0.480 e. The summed E-state index contributed by atoms with van der Waals surface area (Å²) in [6, 6.07) is -1.49. The number of aliphatic hydroxyl groups excluding tert-OH is 1. The maximum absolute atomic E-state index is 12.0. The van der Waals surface area contributed by atoms with Gasteiger partial charge in [-0.25, -0.2) is 9.59 Å². The molecule has 1 aliphatic rings. The lowest BCUT2D eigenvalue weighted by Gasteiger charge is -2.26. The van der Waals surface area contributed by atoms with Crippen LogP contribution < -0.4 is 5.32 Å². The lowest BCUT2D eigenvalue weighted by molar-refractivity contribution is -0.139. The van der Waals surface area contributed by atoms with Crippen LogP contribution in [0, 0.1) is 0 Å². The highest BCUT2D eigenvalue weighted by atomic mass is 16.5. The van der Waals surface area contributed by atoms with Gasteiger partial charge < -0.3 is 25.2 Å². The van der Waals surface area contributed by atoms with E-state index in [9.17, 15) is 9.59 Å². The van der Waals surface area contributed by atoms with Crippen LogP contribution in [-0.4, -0.2) is 65.6 Å². The molecule has 0 aromatic heterocycles. The van der Waals surface area contributed by atoms with E-state index in [-0.39, 0.29) is 19.1 Å². The number of hydrogen-bond donors (Lipinski definition) is 3. The molecule has 1 rings (SSSR count). The third-order valence-corrected chi connectivity index (χ3v) is 3.13. The van der Waals surface area contributed by atoms with Gasteiger partial charge in [-0.2, -0.15) is 0 Å². The summed E-state index contributed by atoms with van der Waals surface area (Å²) in [7, 11) is 0. The van der Waals surface area contributed by atoms with E-state index >= 15 is 0 Å². The molecule has 2 amide bonds. The van der Waals surface area contributed by atoms with Crippen LogP contribution in [0.5, 0.6) is 0 Å². The zero-order valence-corrected chi connectivity index (χ0v) is 11.2. The maximum Gasteiger partial charge on any atom is 0.326 e. The van der Waals surface area contributed by atoms with Gasteiger partial charge in [0.1, 0.15) is 6.04 Å². The van der Waals surface area contributed by atoms with Crippen molar-refractivity contribution in [1.82, 2.24) is 10.2 Å². The molecule has 0 bridgehead atoms. The van der Waals surface area contributed by atoms with Gasteiger partial charge in [0.2, 0.25) is 0 Å². The van der Waals surface area contributed by atoms with Crippen LogP contribution in [0.4, 0.5) is 4.79 Å². The number of aliphatic carboxylic acids is 1. The number of carboxylic acid groups (broad SMARTS) is 1. The molecule has 0 spiro atoms. The molecule has 0 aliphatic carbocycles. The van der Waals surface area contributed by atoms with E-state index < -0.39 is 18.0 Å². The van der Waals surface area contributed by atoms with Crippen LogP contribution in [0.15, 0.2) is 0 Å². The number of ether oxygens (including phenoxy) is 1. The summed E-state index contributed by atoms with van der Waals surface area (Å²) in [5.74, 6) is -1.14. The zero-order chi connectivity index (χ0) is 14.3. The first-order chi connectivity index (χ1) is 9.08. The van der Waals surface area contributed by atoms with Gasteiger partial charge in [0.25, 0.3) is 0 Å². The Labute approximate surface area is 112 Å². The second-order valence-corrected chi connectivity index (χ2v) is 4.53. The van der Waals surface area contributed by atoms with Gasteiger partial charge >= 0.3 is 12.0 Å². The number of nitrogens with one attached hydrogen (secondary N) is 1. The molecule has 2 atom stereocenters. The third kappa shape index (κ3) is 5.04. The molecule has 0 aromatic carbocycles. The molecule has 0 radical (unpaired) electrons. The molecule has 110 valence electrons. The molecule has 1 aliphatic heterocycles. The van der Waals surface area contributed by atoms with E-state index in [1.54, 1.807) is 0 Å². The molecule has 7 nitrogen and oxygen atoms in total. The number of amides is 2. The summed E-state index contributed by atoms with van der Waals surface area (Å²) in [5, 5.41) is 20.1. The molecular weight excluding hydrogens is 252 g/mol. The first kappa shape index (κ1) is 15.7. The Morgan fingerprint density at radius 2 is 2.26 bits per heavy atom. The summed E-state index contributed by atoms with van der Waals surface area (Å²) >= 11 is 0. The molecular formula is C12H22N2O5. The molecule has 7 heteroatoms.